The van der Waals surface area contributed by atoms with Gasteiger partial charge in [-0.2, -0.15) is 0 Å². The molecule has 192 valence electrons. The van der Waals surface area contributed by atoms with E-state index in [1.807, 2.05) is 0 Å². The molecule has 0 unspecified atom stereocenters. The standard InChI is InChI=1S/C27H24ClF2N3O4/c1-15-13-31-23(32-9-5-6-19(25(32)34)27(3,4)36)12-21(15)33-16(2)10-22(24(28)26(33)35)37-14-17-11-18(29)7-8-20(17)30/h5-13,36H,14H2,1-4H3. The Kier molecular flexibility index (Phi) is 7.03. The summed E-state index contributed by atoms with van der Waals surface area (Å²) in [5.74, 6) is -1.01. The van der Waals surface area contributed by atoms with Crippen molar-refractivity contribution in [1.29, 1.82) is 0 Å². The van der Waals surface area contributed by atoms with Crippen molar-refractivity contribution >= 4 is 11.6 Å². The van der Waals surface area contributed by atoms with Gasteiger partial charge in [0.2, 0.25) is 0 Å². The van der Waals surface area contributed by atoms with Crippen LogP contribution in [0.2, 0.25) is 5.02 Å². The number of hydrogen-bond donors (Lipinski definition) is 1. The zero-order valence-electron chi connectivity index (χ0n) is 20.6. The fourth-order valence-electron chi connectivity index (χ4n) is 3.91. The number of halogens is 3. The van der Waals surface area contributed by atoms with Crippen LogP contribution in [0.3, 0.4) is 0 Å². The Morgan fingerprint density at radius 1 is 1.08 bits per heavy atom. The molecule has 0 aliphatic heterocycles. The van der Waals surface area contributed by atoms with Crippen molar-refractivity contribution in [3.8, 4) is 17.3 Å². The highest BCUT2D eigenvalue weighted by Crippen LogP contribution is 2.26. The molecule has 3 heterocycles. The predicted octanol–water partition coefficient (Wildman–Crippen LogP) is 4.74. The van der Waals surface area contributed by atoms with Gasteiger partial charge in [0.25, 0.3) is 11.1 Å². The maximum atomic E-state index is 14.0. The molecule has 7 nitrogen and oxygen atoms in total. The number of ether oxygens (including phenoxy) is 1. The average Bonchev–Trinajstić information content (AvgIpc) is 2.83. The minimum Gasteiger partial charge on any atom is -0.487 e. The van der Waals surface area contributed by atoms with Crippen LogP contribution < -0.4 is 15.9 Å². The van der Waals surface area contributed by atoms with Crippen LogP contribution in [0.1, 0.15) is 36.2 Å². The first-order valence-electron chi connectivity index (χ1n) is 11.3. The van der Waals surface area contributed by atoms with Gasteiger partial charge >= 0.3 is 0 Å². The van der Waals surface area contributed by atoms with Crippen molar-refractivity contribution in [3.63, 3.8) is 0 Å². The number of hydrogen-bond acceptors (Lipinski definition) is 5. The molecule has 1 aromatic carbocycles. The second kappa shape index (κ2) is 9.91. The van der Waals surface area contributed by atoms with Crippen molar-refractivity contribution in [2.75, 3.05) is 0 Å². The normalized spacial score (nSPS) is 11.6. The van der Waals surface area contributed by atoms with E-state index >= 15 is 0 Å². The van der Waals surface area contributed by atoms with Gasteiger partial charge in [0.05, 0.1) is 11.3 Å². The van der Waals surface area contributed by atoms with Crippen LogP contribution in [-0.2, 0) is 12.2 Å². The minimum atomic E-state index is -1.36. The van der Waals surface area contributed by atoms with Crippen LogP contribution in [0.4, 0.5) is 8.78 Å². The molecule has 0 aliphatic carbocycles. The third kappa shape index (κ3) is 5.19. The lowest BCUT2D eigenvalue weighted by Gasteiger charge is -2.19. The van der Waals surface area contributed by atoms with Gasteiger partial charge in [-0.05, 0) is 63.6 Å². The maximum absolute atomic E-state index is 14.0. The molecule has 3 aromatic heterocycles. The minimum absolute atomic E-state index is 0.0186. The van der Waals surface area contributed by atoms with Crippen molar-refractivity contribution in [3.05, 3.63) is 115 Å². The zero-order valence-corrected chi connectivity index (χ0v) is 21.3. The Hall–Kier alpha value is -3.82. The molecule has 0 bridgehead atoms. The SMILES string of the molecule is Cc1cnc(-n2cccc(C(C)(C)O)c2=O)cc1-n1c(C)cc(OCc2cc(F)ccc2F)c(Cl)c1=O. The van der Waals surface area contributed by atoms with Gasteiger partial charge in [0.15, 0.2) is 0 Å². The molecular formula is C27H24ClF2N3O4. The van der Waals surface area contributed by atoms with Crippen LogP contribution >= 0.6 is 11.6 Å². The number of rotatable bonds is 6. The summed E-state index contributed by atoms with van der Waals surface area (Å²) >= 11 is 6.34. The molecule has 0 atom stereocenters. The average molecular weight is 528 g/mol. The molecule has 0 saturated carbocycles. The van der Waals surface area contributed by atoms with Gasteiger partial charge in [-0.25, -0.2) is 13.8 Å². The summed E-state index contributed by atoms with van der Waals surface area (Å²) in [6.07, 6.45) is 3.04. The summed E-state index contributed by atoms with van der Waals surface area (Å²) in [5.41, 5.74) is -0.745. The molecule has 0 fully saturated rings. The third-order valence-electron chi connectivity index (χ3n) is 5.85. The first-order valence-corrected chi connectivity index (χ1v) is 11.7. The number of aliphatic hydroxyl groups is 1. The third-order valence-corrected chi connectivity index (χ3v) is 6.19. The van der Waals surface area contributed by atoms with Crippen molar-refractivity contribution in [2.45, 2.75) is 39.9 Å². The first kappa shape index (κ1) is 26.2. The van der Waals surface area contributed by atoms with E-state index in [2.05, 4.69) is 4.98 Å². The Labute approximate surface area is 216 Å². The fraction of sp³-hybridized carbons (Fsp3) is 0.222. The number of pyridine rings is 3. The van der Waals surface area contributed by atoms with Gasteiger partial charge in [0.1, 0.15) is 34.8 Å². The smallest absolute Gasteiger partial charge is 0.277 e. The molecule has 37 heavy (non-hydrogen) atoms. The molecule has 0 radical (unpaired) electrons. The van der Waals surface area contributed by atoms with Crippen molar-refractivity contribution < 1.29 is 18.6 Å². The van der Waals surface area contributed by atoms with E-state index in [4.69, 9.17) is 16.3 Å². The van der Waals surface area contributed by atoms with Gasteiger partial charge in [0, 0.05) is 41.3 Å². The largest absolute Gasteiger partial charge is 0.487 e. The van der Waals surface area contributed by atoms with Gasteiger partial charge in [-0.1, -0.05) is 11.6 Å². The summed E-state index contributed by atoms with van der Waals surface area (Å²) in [4.78, 5) is 30.7. The van der Waals surface area contributed by atoms with E-state index in [0.29, 0.717) is 16.9 Å². The van der Waals surface area contributed by atoms with Crippen molar-refractivity contribution in [1.82, 2.24) is 14.1 Å². The second-order valence-corrected chi connectivity index (χ2v) is 9.49. The molecule has 0 aliphatic rings. The summed E-state index contributed by atoms with van der Waals surface area (Å²) in [5, 5.41) is 10.1. The summed E-state index contributed by atoms with van der Waals surface area (Å²) in [6, 6.07) is 9.24. The molecule has 4 aromatic rings. The van der Waals surface area contributed by atoms with E-state index < -0.39 is 28.4 Å². The van der Waals surface area contributed by atoms with Crippen LogP contribution in [0.15, 0.2) is 64.4 Å². The number of aromatic nitrogens is 3. The lowest BCUT2D eigenvalue weighted by Crippen LogP contribution is -2.31. The lowest BCUT2D eigenvalue weighted by molar-refractivity contribution is 0.0767. The van der Waals surface area contributed by atoms with Crippen LogP contribution in [0.5, 0.6) is 5.75 Å². The summed E-state index contributed by atoms with van der Waals surface area (Å²) in [6.45, 7) is 6.11. The highest BCUT2D eigenvalue weighted by molar-refractivity contribution is 6.31. The maximum Gasteiger partial charge on any atom is 0.277 e. The van der Waals surface area contributed by atoms with E-state index in [1.165, 1.54) is 47.5 Å². The molecule has 0 amide bonds. The van der Waals surface area contributed by atoms with Crippen LogP contribution in [0, 0.1) is 25.5 Å². The van der Waals surface area contributed by atoms with Gasteiger partial charge < -0.3 is 9.84 Å². The van der Waals surface area contributed by atoms with Gasteiger partial charge in [-0.3, -0.25) is 18.7 Å². The monoisotopic (exact) mass is 527 g/mol. The Bertz CT molecular complexity index is 1620. The Balaban J connectivity index is 1.76. The summed E-state index contributed by atoms with van der Waals surface area (Å²) in [7, 11) is 0. The quantitative estimate of drug-likeness (QED) is 0.391. The number of nitrogens with zero attached hydrogens (tertiary/aromatic N) is 3. The number of benzene rings is 1. The highest BCUT2D eigenvalue weighted by Gasteiger charge is 2.22. The lowest BCUT2D eigenvalue weighted by atomic mass is 10.0. The molecule has 4 rings (SSSR count). The second-order valence-electron chi connectivity index (χ2n) is 9.11. The molecule has 0 spiro atoms. The van der Waals surface area contributed by atoms with E-state index in [-0.39, 0.29) is 34.3 Å². The van der Waals surface area contributed by atoms with Crippen LogP contribution in [-0.4, -0.2) is 19.2 Å². The highest BCUT2D eigenvalue weighted by atomic mass is 35.5. The zero-order chi connectivity index (χ0) is 27.1. The first-order chi connectivity index (χ1) is 17.4. The van der Waals surface area contributed by atoms with E-state index in [0.717, 1.165) is 18.2 Å². The molecule has 10 heteroatoms. The summed E-state index contributed by atoms with van der Waals surface area (Å²) < 4.78 is 35.6. The molecular weight excluding hydrogens is 504 g/mol. The van der Waals surface area contributed by atoms with Crippen LogP contribution in [0.25, 0.3) is 11.5 Å². The molecule has 1 N–H and O–H groups in total. The predicted molar refractivity (Wildman–Crippen MR) is 136 cm³/mol. The topological polar surface area (TPSA) is 86.3 Å². The van der Waals surface area contributed by atoms with E-state index in [9.17, 15) is 23.5 Å². The Morgan fingerprint density at radius 2 is 1.81 bits per heavy atom. The van der Waals surface area contributed by atoms with E-state index in [1.54, 1.807) is 26.0 Å². The fourth-order valence-corrected chi connectivity index (χ4v) is 4.10. The molecule has 0 saturated heterocycles. The number of aryl methyl sites for hydroxylation is 2. The van der Waals surface area contributed by atoms with Crippen molar-refractivity contribution in [2.24, 2.45) is 0 Å². The van der Waals surface area contributed by atoms with Gasteiger partial charge in [-0.15, -0.1) is 0 Å². The Morgan fingerprint density at radius 3 is 2.51 bits per heavy atom.